The van der Waals surface area contributed by atoms with Crippen molar-refractivity contribution in [3.05, 3.63) is 64.7 Å². The zero-order valence-electron chi connectivity index (χ0n) is 12.2. The van der Waals surface area contributed by atoms with Crippen molar-refractivity contribution in [2.24, 2.45) is 0 Å². The minimum atomic E-state index is -0.241. The SMILES string of the molecule is Cc1cccc2c1C(=O)N[C@@H](C1=Cc3ccccc3OC1)N2. The highest BCUT2D eigenvalue weighted by Gasteiger charge is 2.28. The van der Waals surface area contributed by atoms with Gasteiger partial charge < -0.3 is 15.4 Å². The first-order valence-electron chi connectivity index (χ1n) is 7.32. The highest BCUT2D eigenvalue weighted by molar-refractivity contribution is 6.03. The Balaban J connectivity index is 1.69. The number of carbonyl (C=O) groups excluding carboxylic acids is 1. The smallest absolute Gasteiger partial charge is 0.255 e. The molecule has 0 saturated heterocycles. The molecule has 2 aliphatic heterocycles. The van der Waals surface area contributed by atoms with E-state index >= 15 is 0 Å². The molecule has 0 unspecified atom stereocenters. The fourth-order valence-corrected chi connectivity index (χ4v) is 2.97. The van der Waals surface area contributed by atoms with Crippen LogP contribution in [0.4, 0.5) is 5.69 Å². The molecule has 0 bridgehead atoms. The molecule has 0 fully saturated rings. The number of nitrogens with one attached hydrogen (secondary N) is 2. The Morgan fingerprint density at radius 3 is 2.86 bits per heavy atom. The summed E-state index contributed by atoms with van der Waals surface area (Å²) >= 11 is 0. The van der Waals surface area contributed by atoms with E-state index < -0.39 is 0 Å². The van der Waals surface area contributed by atoms with Crippen LogP contribution in [0.3, 0.4) is 0 Å². The standard InChI is InChI=1S/C18H16N2O2/c1-11-5-4-7-14-16(11)18(21)20-17(19-14)13-9-12-6-2-3-8-15(12)22-10-13/h2-9,17,19H,10H2,1H3,(H,20,21)/t17-/m0/s1. The predicted octanol–water partition coefficient (Wildman–Crippen LogP) is 2.95. The van der Waals surface area contributed by atoms with Crippen LogP contribution in [-0.2, 0) is 0 Å². The first-order valence-corrected chi connectivity index (χ1v) is 7.32. The number of fused-ring (bicyclic) bond motifs is 2. The van der Waals surface area contributed by atoms with Gasteiger partial charge in [-0.3, -0.25) is 4.79 Å². The molecule has 2 N–H and O–H groups in total. The fourth-order valence-electron chi connectivity index (χ4n) is 2.97. The van der Waals surface area contributed by atoms with Crippen molar-refractivity contribution >= 4 is 17.7 Å². The zero-order valence-corrected chi connectivity index (χ0v) is 12.2. The summed E-state index contributed by atoms with van der Waals surface area (Å²) in [6.07, 6.45) is 1.84. The van der Waals surface area contributed by atoms with Crippen LogP contribution in [0.25, 0.3) is 6.08 Å². The number of amides is 1. The molecule has 2 aliphatic rings. The summed E-state index contributed by atoms with van der Waals surface area (Å²) in [6, 6.07) is 13.7. The summed E-state index contributed by atoms with van der Waals surface area (Å²) in [7, 11) is 0. The molecule has 1 atom stereocenters. The molecule has 22 heavy (non-hydrogen) atoms. The van der Waals surface area contributed by atoms with Gasteiger partial charge in [-0.2, -0.15) is 0 Å². The average Bonchev–Trinajstić information content (AvgIpc) is 2.54. The maximum Gasteiger partial charge on any atom is 0.255 e. The zero-order chi connectivity index (χ0) is 15.1. The van der Waals surface area contributed by atoms with Crippen LogP contribution in [0, 0.1) is 6.92 Å². The van der Waals surface area contributed by atoms with Gasteiger partial charge in [0.2, 0.25) is 0 Å². The second-order valence-electron chi connectivity index (χ2n) is 5.59. The number of hydrogen-bond acceptors (Lipinski definition) is 3. The van der Waals surface area contributed by atoms with Crippen LogP contribution in [-0.4, -0.2) is 18.7 Å². The van der Waals surface area contributed by atoms with Crippen molar-refractivity contribution in [3.8, 4) is 5.75 Å². The minimum absolute atomic E-state index is 0.0448. The monoisotopic (exact) mass is 292 g/mol. The lowest BCUT2D eigenvalue weighted by Crippen LogP contribution is -2.47. The van der Waals surface area contributed by atoms with Gasteiger partial charge in [-0.05, 0) is 30.7 Å². The van der Waals surface area contributed by atoms with Gasteiger partial charge in [-0.25, -0.2) is 0 Å². The molecule has 0 aliphatic carbocycles. The van der Waals surface area contributed by atoms with E-state index in [2.05, 4.69) is 16.7 Å². The second kappa shape index (κ2) is 4.91. The molecule has 2 aromatic carbocycles. The molecule has 4 rings (SSSR count). The summed E-state index contributed by atoms with van der Waals surface area (Å²) < 4.78 is 5.78. The largest absolute Gasteiger partial charge is 0.488 e. The van der Waals surface area contributed by atoms with Crippen molar-refractivity contribution < 1.29 is 9.53 Å². The molecule has 2 heterocycles. The van der Waals surface area contributed by atoms with Gasteiger partial charge in [-0.1, -0.05) is 30.3 Å². The number of rotatable bonds is 1. The van der Waals surface area contributed by atoms with E-state index in [4.69, 9.17) is 4.74 Å². The Hall–Kier alpha value is -2.75. The molecule has 0 radical (unpaired) electrons. The van der Waals surface area contributed by atoms with Crippen molar-refractivity contribution in [1.29, 1.82) is 0 Å². The van der Waals surface area contributed by atoms with Gasteiger partial charge in [0, 0.05) is 16.8 Å². The van der Waals surface area contributed by atoms with E-state index in [-0.39, 0.29) is 12.1 Å². The predicted molar refractivity (Wildman–Crippen MR) is 86.0 cm³/mol. The number of para-hydroxylation sites is 1. The van der Waals surface area contributed by atoms with Crippen LogP contribution >= 0.6 is 0 Å². The first kappa shape index (κ1) is 13.0. The average molecular weight is 292 g/mol. The third-order valence-electron chi connectivity index (χ3n) is 4.10. The molecule has 0 spiro atoms. The highest BCUT2D eigenvalue weighted by atomic mass is 16.5. The third kappa shape index (κ3) is 2.04. The van der Waals surface area contributed by atoms with Crippen molar-refractivity contribution in [2.75, 3.05) is 11.9 Å². The number of ether oxygens (including phenoxy) is 1. The molecule has 1 amide bonds. The summed E-state index contributed by atoms with van der Waals surface area (Å²) in [4.78, 5) is 12.4. The van der Waals surface area contributed by atoms with E-state index in [0.29, 0.717) is 6.61 Å². The summed E-state index contributed by atoms with van der Waals surface area (Å²) in [5, 5.41) is 6.40. The molecule has 2 aromatic rings. The van der Waals surface area contributed by atoms with E-state index in [1.807, 2.05) is 49.4 Å². The third-order valence-corrected chi connectivity index (χ3v) is 4.10. The maximum absolute atomic E-state index is 12.4. The number of hydrogen-bond donors (Lipinski definition) is 2. The van der Waals surface area contributed by atoms with E-state index in [9.17, 15) is 4.79 Å². The fraction of sp³-hybridized carbons (Fsp3) is 0.167. The Morgan fingerprint density at radius 2 is 1.95 bits per heavy atom. The summed E-state index contributed by atoms with van der Waals surface area (Å²) in [5.41, 5.74) is 4.61. The molecule has 110 valence electrons. The van der Waals surface area contributed by atoms with Gasteiger partial charge in [0.15, 0.2) is 0 Å². The lowest BCUT2D eigenvalue weighted by atomic mass is 10.00. The van der Waals surface area contributed by atoms with Crippen LogP contribution < -0.4 is 15.4 Å². The van der Waals surface area contributed by atoms with Gasteiger partial charge in [-0.15, -0.1) is 0 Å². The number of anilines is 1. The lowest BCUT2D eigenvalue weighted by Gasteiger charge is -2.32. The molecular formula is C18H16N2O2. The lowest BCUT2D eigenvalue weighted by molar-refractivity contribution is 0.0939. The van der Waals surface area contributed by atoms with Crippen LogP contribution in [0.5, 0.6) is 5.75 Å². The van der Waals surface area contributed by atoms with E-state index in [0.717, 1.165) is 33.7 Å². The summed E-state index contributed by atoms with van der Waals surface area (Å²) in [6.45, 7) is 2.41. The Labute approximate surface area is 128 Å². The first-order chi connectivity index (χ1) is 10.7. The minimum Gasteiger partial charge on any atom is -0.488 e. The van der Waals surface area contributed by atoms with Gasteiger partial charge in [0.05, 0.1) is 5.56 Å². The van der Waals surface area contributed by atoms with Gasteiger partial charge >= 0.3 is 0 Å². The van der Waals surface area contributed by atoms with Crippen LogP contribution in [0.1, 0.15) is 21.5 Å². The molecule has 0 aromatic heterocycles. The normalized spacial score (nSPS) is 19.0. The van der Waals surface area contributed by atoms with E-state index in [1.165, 1.54) is 0 Å². The van der Waals surface area contributed by atoms with Crippen LogP contribution in [0.2, 0.25) is 0 Å². The summed E-state index contributed by atoms with van der Waals surface area (Å²) in [5.74, 6) is 0.834. The number of aryl methyl sites for hydroxylation is 1. The van der Waals surface area contributed by atoms with Crippen LogP contribution in [0.15, 0.2) is 48.0 Å². The highest BCUT2D eigenvalue weighted by Crippen LogP contribution is 2.30. The Kier molecular flexibility index (Phi) is 2.89. The maximum atomic E-state index is 12.4. The molecule has 4 heteroatoms. The Morgan fingerprint density at radius 1 is 1.09 bits per heavy atom. The van der Waals surface area contributed by atoms with Gasteiger partial charge in [0.25, 0.3) is 5.91 Å². The molecule has 0 saturated carbocycles. The van der Waals surface area contributed by atoms with Gasteiger partial charge in [0.1, 0.15) is 18.5 Å². The topological polar surface area (TPSA) is 50.4 Å². The van der Waals surface area contributed by atoms with Crippen molar-refractivity contribution in [1.82, 2.24) is 5.32 Å². The van der Waals surface area contributed by atoms with Crippen molar-refractivity contribution in [3.63, 3.8) is 0 Å². The molecule has 4 nitrogen and oxygen atoms in total. The Bertz CT molecular complexity index is 795. The number of carbonyl (C=O) groups is 1. The molecular weight excluding hydrogens is 276 g/mol. The van der Waals surface area contributed by atoms with Crippen molar-refractivity contribution in [2.45, 2.75) is 13.1 Å². The number of benzene rings is 2. The second-order valence-corrected chi connectivity index (χ2v) is 5.59. The van der Waals surface area contributed by atoms with E-state index in [1.54, 1.807) is 0 Å². The quantitative estimate of drug-likeness (QED) is 0.849.